The minimum Gasteiger partial charge on any atom is -0.489 e. The number of rotatable bonds is 4. The van der Waals surface area contributed by atoms with Crippen LogP contribution in [0.15, 0.2) is 53.6 Å². The van der Waals surface area contributed by atoms with E-state index >= 15 is 0 Å². The Morgan fingerprint density at radius 2 is 1.73 bits per heavy atom. The molecule has 1 amide bonds. The van der Waals surface area contributed by atoms with Crippen molar-refractivity contribution in [2.75, 3.05) is 51.5 Å². The maximum absolute atomic E-state index is 13.6. The predicted octanol–water partition coefficient (Wildman–Crippen LogP) is 5.21. The van der Waals surface area contributed by atoms with Crippen LogP contribution in [0.5, 0.6) is 5.75 Å². The molecule has 40 heavy (non-hydrogen) atoms. The Hall–Kier alpha value is -2.69. The molecule has 3 atom stereocenters. The summed E-state index contributed by atoms with van der Waals surface area (Å²) in [6, 6.07) is 14.3. The third-order valence-corrected chi connectivity index (χ3v) is 6.76. The van der Waals surface area contributed by atoms with Crippen LogP contribution in [0, 0.1) is 5.82 Å². The molecule has 1 fully saturated rings. The summed E-state index contributed by atoms with van der Waals surface area (Å²) in [5, 5.41) is 16.6. The fraction of sp³-hybridized carbons (Fsp3) is 0.533. The Labute approximate surface area is 245 Å². The maximum Gasteiger partial charge on any atom is 0.219 e. The molecule has 0 spiro atoms. The first-order valence-corrected chi connectivity index (χ1v) is 13.8. The highest BCUT2D eigenvalue weighted by atomic mass is 32.1. The zero-order valence-corrected chi connectivity index (χ0v) is 25.6. The van der Waals surface area contributed by atoms with Crippen LogP contribution in [-0.4, -0.2) is 85.2 Å². The molecule has 7 nitrogen and oxygen atoms in total. The number of fused-ring (bicyclic) bond motifs is 3. The van der Waals surface area contributed by atoms with Gasteiger partial charge in [0.1, 0.15) is 23.9 Å². The van der Waals surface area contributed by atoms with E-state index in [-0.39, 0.29) is 37.2 Å². The number of hydrogen-bond acceptors (Lipinski definition) is 6. The SMILES string of the molecule is CC.CC(O)C1=NN2c3cc(F)ccc3OCC2C1c1ccccc1.CCCN1CCN(C(C)=O)CC1.CF.S. The molecule has 5 rings (SSSR count). The van der Waals surface area contributed by atoms with Gasteiger partial charge in [-0.25, -0.2) is 4.39 Å². The molecule has 0 radical (unpaired) electrons. The zero-order chi connectivity index (χ0) is 28.9. The number of halogens is 2. The van der Waals surface area contributed by atoms with Crippen LogP contribution in [0.4, 0.5) is 14.5 Å². The molecule has 3 heterocycles. The lowest BCUT2D eigenvalue weighted by molar-refractivity contribution is -0.130. The molecule has 2 aromatic carbocycles. The van der Waals surface area contributed by atoms with Gasteiger partial charge in [-0.2, -0.15) is 18.6 Å². The quantitative estimate of drug-likeness (QED) is 0.538. The first kappa shape index (κ1) is 35.3. The minimum atomic E-state index is -0.678. The fourth-order valence-corrected chi connectivity index (χ4v) is 4.96. The Morgan fingerprint density at radius 3 is 2.27 bits per heavy atom. The van der Waals surface area contributed by atoms with Gasteiger partial charge >= 0.3 is 0 Å². The van der Waals surface area contributed by atoms with Gasteiger partial charge in [-0.15, -0.1) is 0 Å². The van der Waals surface area contributed by atoms with Gasteiger partial charge in [0.15, 0.2) is 0 Å². The van der Waals surface area contributed by atoms with Crippen molar-refractivity contribution in [1.29, 1.82) is 0 Å². The Balaban J connectivity index is 0.000000402. The lowest BCUT2D eigenvalue weighted by atomic mass is 9.86. The van der Waals surface area contributed by atoms with Gasteiger partial charge < -0.3 is 14.7 Å². The number of aliphatic hydroxyl groups is 1. The number of carbonyl (C=O) groups excluding carboxylic acids is 1. The molecule has 3 aliphatic rings. The van der Waals surface area contributed by atoms with Crippen molar-refractivity contribution in [2.45, 2.75) is 59.1 Å². The van der Waals surface area contributed by atoms with E-state index in [0.717, 1.165) is 31.7 Å². The summed E-state index contributed by atoms with van der Waals surface area (Å²) in [6.07, 6.45) is 0.530. The standard InChI is InChI=1S/C18H17FN2O2.C9H18N2O.C2H6.CH3F.H2S/c1-11(22)18-17(12-5-3-2-4-6-12)15-10-23-16-8-7-13(19)9-14(16)21(15)20-18;1-3-4-10-5-7-11(8-6-10)9(2)12;2*1-2;/h2-9,11,15,17,22H,10H2,1H3;3-8H2,1-2H3;1-2H3;1H3;1H2. The first-order valence-electron chi connectivity index (χ1n) is 13.8. The molecule has 2 aromatic rings. The van der Waals surface area contributed by atoms with Crippen LogP contribution < -0.4 is 9.75 Å². The Bertz CT molecular complexity index is 1050. The molecule has 0 saturated carbocycles. The zero-order valence-electron chi connectivity index (χ0n) is 24.6. The second kappa shape index (κ2) is 17.9. The molecular weight excluding hydrogens is 534 g/mol. The van der Waals surface area contributed by atoms with Crippen LogP contribution >= 0.6 is 13.5 Å². The van der Waals surface area contributed by atoms with E-state index in [2.05, 4.69) is 16.9 Å². The highest BCUT2D eigenvalue weighted by molar-refractivity contribution is 7.59. The number of ether oxygens (including phenoxy) is 1. The van der Waals surface area contributed by atoms with Gasteiger partial charge in [0.2, 0.25) is 5.91 Å². The van der Waals surface area contributed by atoms with Crippen LogP contribution in [-0.2, 0) is 4.79 Å². The molecule has 224 valence electrons. The van der Waals surface area contributed by atoms with Gasteiger partial charge in [0.05, 0.1) is 31.0 Å². The monoisotopic (exact) mass is 580 g/mol. The topological polar surface area (TPSA) is 68.6 Å². The second-order valence-corrected chi connectivity index (χ2v) is 9.27. The van der Waals surface area contributed by atoms with E-state index in [1.807, 2.05) is 49.1 Å². The van der Waals surface area contributed by atoms with Crippen molar-refractivity contribution >= 4 is 30.8 Å². The number of hydrazone groups is 1. The summed E-state index contributed by atoms with van der Waals surface area (Å²) >= 11 is 0. The minimum absolute atomic E-state index is 0. The average molecular weight is 581 g/mol. The molecule has 3 unspecified atom stereocenters. The molecule has 1 saturated heterocycles. The molecule has 0 aromatic heterocycles. The largest absolute Gasteiger partial charge is 0.489 e. The predicted molar refractivity (Wildman–Crippen MR) is 164 cm³/mol. The number of carbonyl (C=O) groups is 1. The summed E-state index contributed by atoms with van der Waals surface area (Å²) in [5.74, 6) is 0.425. The van der Waals surface area contributed by atoms with Crippen molar-refractivity contribution in [3.8, 4) is 5.75 Å². The molecule has 1 N–H and O–H groups in total. The van der Waals surface area contributed by atoms with E-state index in [1.54, 1.807) is 24.9 Å². The number of anilines is 1. The van der Waals surface area contributed by atoms with Crippen molar-refractivity contribution in [3.05, 3.63) is 59.9 Å². The summed E-state index contributed by atoms with van der Waals surface area (Å²) in [5.41, 5.74) is 2.36. The third kappa shape index (κ3) is 8.91. The Kier molecular flexibility index (Phi) is 15.8. The summed E-state index contributed by atoms with van der Waals surface area (Å²) < 4.78 is 29.0. The maximum atomic E-state index is 13.6. The second-order valence-electron chi connectivity index (χ2n) is 9.27. The van der Waals surface area contributed by atoms with Crippen LogP contribution in [0.1, 0.15) is 52.5 Å². The van der Waals surface area contributed by atoms with Crippen molar-refractivity contribution in [1.82, 2.24) is 9.80 Å². The van der Waals surface area contributed by atoms with E-state index in [9.17, 15) is 18.7 Å². The van der Waals surface area contributed by atoms with Crippen molar-refractivity contribution in [2.24, 2.45) is 5.10 Å². The molecular formula is C30H46F2N4O3S. The summed E-state index contributed by atoms with van der Waals surface area (Å²) in [4.78, 5) is 15.3. The average Bonchev–Trinajstić information content (AvgIpc) is 3.37. The number of alkyl halides is 1. The molecule has 10 heteroatoms. The summed E-state index contributed by atoms with van der Waals surface area (Å²) in [7, 11) is 0.500. The fourth-order valence-electron chi connectivity index (χ4n) is 4.96. The number of piperazine rings is 1. The highest BCUT2D eigenvalue weighted by Gasteiger charge is 2.44. The number of nitrogens with zero attached hydrogens (tertiary/aromatic N) is 4. The van der Waals surface area contributed by atoms with E-state index in [4.69, 9.17) is 4.74 Å². The van der Waals surface area contributed by atoms with Crippen LogP contribution in [0.2, 0.25) is 0 Å². The molecule has 0 aliphatic carbocycles. The highest BCUT2D eigenvalue weighted by Crippen LogP contribution is 2.43. The van der Waals surface area contributed by atoms with Gasteiger partial charge in [0.25, 0.3) is 0 Å². The van der Waals surface area contributed by atoms with Gasteiger partial charge in [-0.05, 0) is 37.6 Å². The normalized spacial score (nSPS) is 19.8. The lowest BCUT2D eigenvalue weighted by Crippen LogP contribution is -2.48. The number of benzene rings is 2. The van der Waals surface area contributed by atoms with Gasteiger partial charge in [0, 0.05) is 39.2 Å². The van der Waals surface area contributed by atoms with E-state index in [1.165, 1.54) is 25.1 Å². The Morgan fingerprint density at radius 1 is 1.10 bits per heavy atom. The molecule has 0 bridgehead atoms. The van der Waals surface area contributed by atoms with Crippen molar-refractivity contribution < 1.29 is 23.4 Å². The van der Waals surface area contributed by atoms with Gasteiger partial charge in [-0.3, -0.25) is 19.1 Å². The number of amides is 1. The lowest BCUT2D eigenvalue weighted by Gasteiger charge is -2.33. The smallest absolute Gasteiger partial charge is 0.219 e. The van der Waals surface area contributed by atoms with Gasteiger partial charge in [-0.1, -0.05) is 51.1 Å². The van der Waals surface area contributed by atoms with E-state index in [0.29, 0.717) is 30.9 Å². The molecule has 3 aliphatic heterocycles. The first-order chi connectivity index (χ1) is 18.9. The number of aliphatic hydroxyl groups excluding tert-OH is 1. The number of hydrogen-bond donors (Lipinski definition) is 1. The van der Waals surface area contributed by atoms with Crippen LogP contribution in [0.3, 0.4) is 0 Å². The van der Waals surface area contributed by atoms with Crippen molar-refractivity contribution in [3.63, 3.8) is 0 Å². The third-order valence-electron chi connectivity index (χ3n) is 6.76. The summed E-state index contributed by atoms with van der Waals surface area (Å²) in [6.45, 7) is 15.1. The van der Waals surface area contributed by atoms with Crippen LogP contribution in [0.25, 0.3) is 0 Å². The van der Waals surface area contributed by atoms with E-state index < -0.39 is 6.10 Å².